The van der Waals surface area contributed by atoms with E-state index in [-0.39, 0.29) is 24.1 Å². The minimum Gasteiger partial charge on any atom is -0.490 e. The molecule has 2 aromatic rings. The third-order valence-corrected chi connectivity index (χ3v) is 7.69. The van der Waals surface area contributed by atoms with Crippen molar-refractivity contribution < 1.29 is 13.2 Å². The number of aryl methyl sites for hydroxylation is 3. The second kappa shape index (κ2) is 6.95. The zero-order valence-electron chi connectivity index (χ0n) is 16.1. The predicted molar refractivity (Wildman–Crippen MR) is 104 cm³/mol. The van der Waals surface area contributed by atoms with Crippen LogP contribution in [-0.2, 0) is 9.84 Å². The van der Waals surface area contributed by atoms with Crippen LogP contribution in [0.15, 0.2) is 29.2 Å². The van der Waals surface area contributed by atoms with Crippen LogP contribution in [0.1, 0.15) is 42.6 Å². The van der Waals surface area contributed by atoms with E-state index in [4.69, 9.17) is 4.74 Å². The Bertz CT molecular complexity index is 904. The number of benzene rings is 1. The normalized spacial score (nSPS) is 25.7. The molecule has 1 aromatic heterocycles. The van der Waals surface area contributed by atoms with Gasteiger partial charge in [-0.1, -0.05) is 12.1 Å². The minimum absolute atomic E-state index is 0.0702. The summed E-state index contributed by atoms with van der Waals surface area (Å²) in [5.74, 6) is 0.978. The Morgan fingerprint density at radius 2 is 1.89 bits per heavy atom. The highest BCUT2D eigenvalue weighted by atomic mass is 32.2. The molecule has 0 radical (unpaired) electrons. The molecule has 1 N–H and O–H groups in total. The van der Waals surface area contributed by atoms with Gasteiger partial charge in [0, 0.05) is 12.1 Å². The highest BCUT2D eigenvalue weighted by molar-refractivity contribution is 7.91. The van der Waals surface area contributed by atoms with Crippen molar-refractivity contribution in [3.05, 3.63) is 41.2 Å². The summed E-state index contributed by atoms with van der Waals surface area (Å²) in [7, 11) is -3.39. The fourth-order valence-electron chi connectivity index (χ4n) is 4.67. The zero-order valence-corrected chi connectivity index (χ0v) is 16.9. The van der Waals surface area contributed by atoms with Crippen molar-refractivity contribution in [2.45, 2.75) is 69.5 Å². The van der Waals surface area contributed by atoms with Gasteiger partial charge in [-0.3, -0.25) is 10.00 Å². The Morgan fingerprint density at radius 3 is 2.48 bits per heavy atom. The molecule has 3 atom stereocenters. The lowest BCUT2D eigenvalue weighted by atomic mass is 10.0. The van der Waals surface area contributed by atoms with Crippen LogP contribution < -0.4 is 4.74 Å². The SMILES string of the molecule is Cc1cccc(O[C@H]2C[C@H]3CC[C@@H](C2)N3CS(=O)(=O)c2c(C)n[nH]c2C)c1. The average molecular weight is 390 g/mol. The average Bonchev–Trinajstić information content (AvgIpc) is 3.03. The lowest BCUT2D eigenvalue weighted by Gasteiger charge is -2.38. The van der Waals surface area contributed by atoms with Crippen LogP contribution in [0.3, 0.4) is 0 Å². The number of nitrogens with one attached hydrogen (secondary N) is 1. The summed E-state index contributed by atoms with van der Waals surface area (Å²) in [6.45, 7) is 5.57. The third-order valence-electron chi connectivity index (χ3n) is 5.82. The molecule has 27 heavy (non-hydrogen) atoms. The topological polar surface area (TPSA) is 75.3 Å². The molecule has 2 aliphatic rings. The van der Waals surface area contributed by atoms with Crippen LogP contribution in [0.25, 0.3) is 0 Å². The smallest absolute Gasteiger partial charge is 0.195 e. The molecule has 0 spiro atoms. The molecule has 0 amide bonds. The number of fused-ring (bicyclic) bond motifs is 2. The Morgan fingerprint density at radius 1 is 1.19 bits per heavy atom. The van der Waals surface area contributed by atoms with E-state index in [1.807, 2.05) is 12.1 Å². The van der Waals surface area contributed by atoms with E-state index in [1.54, 1.807) is 13.8 Å². The standard InChI is InChI=1S/C20H27N3O3S/c1-13-5-4-6-18(9-13)26-19-10-16-7-8-17(11-19)23(16)12-27(24,25)20-14(2)21-22-15(20)3/h4-6,9,16-17,19H,7-8,10-12H2,1-3H3,(H,21,22)/t16-,17+,19+. The molecule has 2 bridgehead atoms. The maximum Gasteiger partial charge on any atom is 0.195 e. The molecule has 0 saturated carbocycles. The van der Waals surface area contributed by atoms with Gasteiger partial charge in [-0.15, -0.1) is 0 Å². The maximum absolute atomic E-state index is 13.0. The number of rotatable bonds is 5. The van der Waals surface area contributed by atoms with Crippen molar-refractivity contribution >= 4 is 9.84 Å². The first-order valence-corrected chi connectivity index (χ1v) is 11.2. The Hall–Kier alpha value is -1.86. The number of ether oxygens (including phenoxy) is 1. The molecule has 7 heteroatoms. The lowest BCUT2D eigenvalue weighted by molar-refractivity contribution is 0.0609. The van der Waals surface area contributed by atoms with Gasteiger partial charge in [-0.05, 0) is 64.2 Å². The van der Waals surface area contributed by atoms with Gasteiger partial charge in [0.25, 0.3) is 0 Å². The maximum atomic E-state index is 13.0. The van der Waals surface area contributed by atoms with E-state index in [0.717, 1.165) is 31.4 Å². The summed E-state index contributed by atoms with van der Waals surface area (Å²) in [5.41, 5.74) is 2.36. The van der Waals surface area contributed by atoms with Crippen molar-refractivity contribution in [3.63, 3.8) is 0 Å². The molecule has 2 aliphatic heterocycles. The summed E-state index contributed by atoms with van der Waals surface area (Å²) in [6, 6.07) is 8.65. The Kier molecular flexibility index (Phi) is 4.76. The minimum atomic E-state index is -3.39. The summed E-state index contributed by atoms with van der Waals surface area (Å²) < 4.78 is 32.2. The first-order chi connectivity index (χ1) is 12.8. The van der Waals surface area contributed by atoms with Crippen LogP contribution >= 0.6 is 0 Å². The number of aromatic nitrogens is 2. The summed E-state index contributed by atoms with van der Waals surface area (Å²) in [5, 5.41) is 6.84. The van der Waals surface area contributed by atoms with E-state index >= 15 is 0 Å². The van der Waals surface area contributed by atoms with Crippen molar-refractivity contribution in [1.29, 1.82) is 0 Å². The van der Waals surface area contributed by atoms with Crippen LogP contribution in [0.5, 0.6) is 5.75 Å². The largest absolute Gasteiger partial charge is 0.490 e. The van der Waals surface area contributed by atoms with Gasteiger partial charge >= 0.3 is 0 Å². The highest BCUT2D eigenvalue weighted by Gasteiger charge is 2.43. The lowest BCUT2D eigenvalue weighted by Crippen LogP contribution is -2.48. The van der Waals surface area contributed by atoms with Gasteiger partial charge in [-0.25, -0.2) is 8.42 Å². The molecule has 2 saturated heterocycles. The molecule has 6 nitrogen and oxygen atoms in total. The third kappa shape index (κ3) is 3.62. The summed E-state index contributed by atoms with van der Waals surface area (Å²) in [6.07, 6.45) is 3.99. The number of sulfone groups is 1. The Balaban J connectivity index is 1.47. The fourth-order valence-corrected chi connectivity index (χ4v) is 6.62. The zero-order chi connectivity index (χ0) is 19.2. The van der Waals surface area contributed by atoms with Crippen molar-refractivity contribution in [2.75, 3.05) is 5.88 Å². The van der Waals surface area contributed by atoms with E-state index in [2.05, 4.69) is 34.2 Å². The molecule has 4 rings (SSSR count). The molecule has 2 fully saturated rings. The first kappa shape index (κ1) is 18.5. The van der Waals surface area contributed by atoms with Gasteiger partial charge in [0.15, 0.2) is 9.84 Å². The number of piperidine rings is 1. The van der Waals surface area contributed by atoms with Crippen LogP contribution in [0, 0.1) is 20.8 Å². The number of aromatic amines is 1. The van der Waals surface area contributed by atoms with Crippen molar-refractivity contribution in [3.8, 4) is 5.75 Å². The van der Waals surface area contributed by atoms with E-state index in [9.17, 15) is 8.42 Å². The number of nitrogens with zero attached hydrogens (tertiary/aromatic N) is 2. The summed E-state index contributed by atoms with van der Waals surface area (Å²) in [4.78, 5) is 2.54. The molecule has 1 aromatic carbocycles. The first-order valence-electron chi connectivity index (χ1n) is 9.57. The summed E-state index contributed by atoms with van der Waals surface area (Å²) >= 11 is 0. The Labute approximate surface area is 160 Å². The van der Waals surface area contributed by atoms with Crippen LogP contribution in [0.2, 0.25) is 0 Å². The molecular weight excluding hydrogens is 362 g/mol. The van der Waals surface area contributed by atoms with E-state index in [1.165, 1.54) is 5.56 Å². The number of hydrogen-bond donors (Lipinski definition) is 1. The molecular formula is C20H27N3O3S. The van der Waals surface area contributed by atoms with Crippen molar-refractivity contribution in [1.82, 2.24) is 15.1 Å². The van der Waals surface area contributed by atoms with Gasteiger partial charge in [0.2, 0.25) is 0 Å². The molecule has 146 valence electrons. The quantitative estimate of drug-likeness (QED) is 0.850. The number of hydrogen-bond acceptors (Lipinski definition) is 5. The van der Waals surface area contributed by atoms with Gasteiger partial charge in [0.1, 0.15) is 22.6 Å². The van der Waals surface area contributed by atoms with Gasteiger partial charge in [0.05, 0.1) is 11.4 Å². The van der Waals surface area contributed by atoms with Crippen molar-refractivity contribution in [2.24, 2.45) is 0 Å². The molecule has 0 aliphatic carbocycles. The molecule has 3 heterocycles. The highest BCUT2D eigenvalue weighted by Crippen LogP contribution is 2.38. The fraction of sp³-hybridized carbons (Fsp3) is 0.550. The second-order valence-corrected chi connectivity index (χ2v) is 9.83. The second-order valence-electron chi connectivity index (χ2n) is 7.93. The monoisotopic (exact) mass is 389 g/mol. The van der Waals surface area contributed by atoms with Gasteiger partial charge < -0.3 is 4.74 Å². The molecule has 0 unspecified atom stereocenters. The van der Waals surface area contributed by atoms with Gasteiger partial charge in [-0.2, -0.15) is 5.10 Å². The number of H-pyrrole nitrogens is 1. The predicted octanol–water partition coefficient (Wildman–Crippen LogP) is 3.14. The van der Waals surface area contributed by atoms with E-state index in [0.29, 0.717) is 16.3 Å². The van der Waals surface area contributed by atoms with E-state index < -0.39 is 9.84 Å². The van der Waals surface area contributed by atoms with Crippen LogP contribution in [0.4, 0.5) is 0 Å². The van der Waals surface area contributed by atoms with Crippen LogP contribution in [-0.4, -0.2) is 47.6 Å².